The number of Topliss-reactive ketones (excluding diaryl/α,β-unsaturated/α-hetero) is 2. The second kappa shape index (κ2) is 10.1. The summed E-state index contributed by atoms with van der Waals surface area (Å²) in [7, 11) is 3.21. The highest BCUT2D eigenvalue weighted by Crippen LogP contribution is 2.53. The van der Waals surface area contributed by atoms with Gasteiger partial charge in [0, 0.05) is 17.1 Å². The van der Waals surface area contributed by atoms with Crippen molar-refractivity contribution < 1.29 is 39.2 Å². The lowest BCUT2D eigenvalue weighted by Crippen LogP contribution is -2.63. The number of primary amides is 1. The molecule has 3 aliphatic carbocycles. The molecule has 6 rings (SSSR count). The molecule has 0 bridgehead atoms. The topological polar surface area (TPSA) is 178 Å². The third-order valence-corrected chi connectivity index (χ3v) is 9.46. The number of piperidine rings is 1. The van der Waals surface area contributed by atoms with Crippen molar-refractivity contribution in [1.29, 1.82) is 0 Å². The molecular weight excluding hydrogens is 542 g/mol. The predicted molar refractivity (Wildman–Crippen MR) is 151 cm³/mol. The van der Waals surface area contributed by atoms with Crippen LogP contribution in [0.1, 0.15) is 47.4 Å². The summed E-state index contributed by atoms with van der Waals surface area (Å²) in [6.45, 7) is 2.55. The molecule has 0 radical (unpaired) electrons. The maximum atomic E-state index is 14.0. The Balaban J connectivity index is 1.47. The smallest absolute Gasteiger partial charge is 0.255 e. The fourth-order valence-electron chi connectivity index (χ4n) is 7.53. The van der Waals surface area contributed by atoms with Crippen molar-refractivity contribution >= 4 is 17.5 Å². The van der Waals surface area contributed by atoms with E-state index >= 15 is 0 Å². The maximum Gasteiger partial charge on any atom is 0.255 e. The number of phenols is 1. The number of allylic oxidation sites excluding steroid dienone is 1. The second-order valence-corrected chi connectivity index (χ2v) is 12.0. The lowest BCUT2D eigenvalue weighted by Gasteiger charge is -2.50. The molecular formula is C31H35N3O8. The molecule has 4 aliphatic rings. The van der Waals surface area contributed by atoms with E-state index in [2.05, 4.69) is 4.90 Å². The quantitative estimate of drug-likeness (QED) is 0.331. The van der Waals surface area contributed by atoms with Gasteiger partial charge >= 0.3 is 0 Å². The summed E-state index contributed by atoms with van der Waals surface area (Å²) >= 11 is 0. The first-order valence-electron chi connectivity index (χ1n) is 14.3. The molecule has 11 nitrogen and oxygen atoms in total. The van der Waals surface area contributed by atoms with Crippen LogP contribution in [0.2, 0.25) is 0 Å². The van der Waals surface area contributed by atoms with Crippen molar-refractivity contribution in [2.45, 2.75) is 50.3 Å². The molecule has 1 aromatic carbocycles. The van der Waals surface area contributed by atoms with Crippen molar-refractivity contribution in [2.24, 2.45) is 17.6 Å². The van der Waals surface area contributed by atoms with Gasteiger partial charge in [-0.3, -0.25) is 24.2 Å². The Labute approximate surface area is 242 Å². The van der Waals surface area contributed by atoms with Gasteiger partial charge in [0.15, 0.2) is 11.4 Å². The van der Waals surface area contributed by atoms with Gasteiger partial charge in [-0.2, -0.15) is 0 Å². The number of hydrogen-bond acceptors (Lipinski definition) is 10. The van der Waals surface area contributed by atoms with E-state index in [1.54, 1.807) is 26.4 Å². The van der Waals surface area contributed by atoms with Crippen LogP contribution in [-0.2, 0) is 22.6 Å². The number of aliphatic hydroxyl groups excluding tert-OH is 2. The number of carbonyl (C=O) groups is 3. The first-order chi connectivity index (χ1) is 20.0. The fourth-order valence-corrected chi connectivity index (χ4v) is 7.53. The number of fused-ring (bicyclic) bond motifs is 3. The van der Waals surface area contributed by atoms with Crippen LogP contribution < -0.4 is 5.73 Å². The van der Waals surface area contributed by atoms with Gasteiger partial charge < -0.3 is 30.6 Å². The molecule has 0 unspecified atom stereocenters. The van der Waals surface area contributed by atoms with Crippen LogP contribution in [0.25, 0.3) is 11.1 Å². The van der Waals surface area contributed by atoms with Gasteiger partial charge in [0.2, 0.25) is 5.78 Å². The highest BCUT2D eigenvalue weighted by Gasteiger charge is 2.63. The molecule has 2 heterocycles. The van der Waals surface area contributed by atoms with Crippen molar-refractivity contribution in [3.8, 4) is 16.9 Å². The van der Waals surface area contributed by atoms with E-state index in [9.17, 15) is 34.8 Å². The van der Waals surface area contributed by atoms with Gasteiger partial charge in [0.25, 0.3) is 5.91 Å². The van der Waals surface area contributed by atoms with Gasteiger partial charge in [-0.25, -0.2) is 0 Å². The molecule has 1 saturated heterocycles. The standard InChI is InChI=1S/C31H35N3O8/c1-33(2)25-19-13-15-12-18-16(17-8-11-42-21(17)14-34-9-4-3-5-10-34)6-7-20(35)23(18)26(36)22(15)28(38)31(19,41)29(39)24(27(25)37)30(32)40/h6-8,11,15,19,25,35,37-38,41H,3-5,9-10,12-14H2,1-2H3,(H2,32,40)/t15-,19-,25-,31-/m0/s1. The number of amides is 1. The summed E-state index contributed by atoms with van der Waals surface area (Å²) in [4.78, 5) is 43.5. The monoisotopic (exact) mass is 577 g/mol. The number of rotatable bonds is 5. The Morgan fingerprint density at radius 2 is 1.81 bits per heavy atom. The van der Waals surface area contributed by atoms with Crippen LogP contribution in [0.15, 0.2) is 51.5 Å². The van der Waals surface area contributed by atoms with E-state index in [1.807, 2.05) is 6.07 Å². The van der Waals surface area contributed by atoms with Crippen molar-refractivity contribution in [3.05, 3.63) is 64.0 Å². The number of likely N-dealkylation sites (tertiary alicyclic amines) is 1. The fraction of sp³-hybridized carbons (Fsp3) is 0.452. The van der Waals surface area contributed by atoms with Crippen LogP contribution in [0, 0.1) is 11.8 Å². The van der Waals surface area contributed by atoms with E-state index in [1.165, 1.54) is 17.4 Å². The van der Waals surface area contributed by atoms with Crippen molar-refractivity contribution in [3.63, 3.8) is 0 Å². The predicted octanol–water partition coefficient (Wildman–Crippen LogP) is 2.37. The summed E-state index contributed by atoms with van der Waals surface area (Å²) in [6.07, 6.45) is 5.30. The molecule has 42 heavy (non-hydrogen) atoms. The summed E-state index contributed by atoms with van der Waals surface area (Å²) in [5.41, 5.74) is 3.82. The second-order valence-electron chi connectivity index (χ2n) is 12.0. The van der Waals surface area contributed by atoms with Crippen molar-refractivity contribution in [2.75, 3.05) is 27.2 Å². The average molecular weight is 578 g/mol. The van der Waals surface area contributed by atoms with E-state index in [4.69, 9.17) is 10.2 Å². The summed E-state index contributed by atoms with van der Waals surface area (Å²) in [6, 6.07) is 3.97. The van der Waals surface area contributed by atoms with E-state index in [0.717, 1.165) is 42.8 Å². The minimum atomic E-state index is -2.66. The number of furan rings is 1. The molecule has 4 atom stereocenters. The molecule has 222 valence electrons. The number of nitrogens with two attached hydrogens (primary N) is 1. The number of aliphatic hydroxyl groups is 3. The van der Waals surface area contributed by atoms with Crippen LogP contribution in [0.3, 0.4) is 0 Å². The SMILES string of the molecule is CN(C)[C@@H]1C(O)=C(C(N)=O)C(=O)[C@@]2(O)C(O)=C3C(=O)c4c(O)ccc(-c5ccoc5CN5CCCCC5)c4C[C@H]3C[C@@H]12. The van der Waals surface area contributed by atoms with Crippen LogP contribution in [0.5, 0.6) is 5.75 Å². The van der Waals surface area contributed by atoms with Gasteiger partial charge in [-0.1, -0.05) is 12.5 Å². The maximum absolute atomic E-state index is 14.0. The third-order valence-electron chi connectivity index (χ3n) is 9.46. The molecule has 1 fully saturated rings. The molecule has 1 aromatic heterocycles. The Morgan fingerprint density at radius 3 is 2.48 bits per heavy atom. The molecule has 1 amide bonds. The van der Waals surface area contributed by atoms with Gasteiger partial charge in [0.05, 0.1) is 24.4 Å². The number of hydrogen-bond donors (Lipinski definition) is 5. The summed E-state index contributed by atoms with van der Waals surface area (Å²) in [5, 5.41) is 45.1. The minimum Gasteiger partial charge on any atom is -0.510 e. The zero-order valence-corrected chi connectivity index (χ0v) is 23.6. The molecule has 11 heteroatoms. The number of ketones is 2. The van der Waals surface area contributed by atoms with Crippen LogP contribution in [0.4, 0.5) is 0 Å². The molecule has 1 aliphatic heterocycles. The Bertz CT molecular complexity index is 1560. The number of likely N-dealkylation sites (N-methyl/N-ethyl adjacent to an activating group) is 1. The number of phenolic OH excluding ortho intramolecular Hbond substituents is 1. The minimum absolute atomic E-state index is 0.0154. The van der Waals surface area contributed by atoms with E-state index in [0.29, 0.717) is 12.1 Å². The van der Waals surface area contributed by atoms with Gasteiger partial charge in [-0.15, -0.1) is 0 Å². The largest absolute Gasteiger partial charge is 0.510 e. The Morgan fingerprint density at radius 1 is 1.10 bits per heavy atom. The van der Waals surface area contributed by atoms with Crippen molar-refractivity contribution in [1.82, 2.24) is 9.80 Å². The third kappa shape index (κ3) is 4.02. The number of benzene rings is 1. The summed E-state index contributed by atoms with van der Waals surface area (Å²) < 4.78 is 5.89. The van der Waals surface area contributed by atoms with E-state index < -0.39 is 58.0 Å². The molecule has 2 aromatic rings. The number of aromatic hydroxyl groups is 1. The van der Waals surface area contributed by atoms with Crippen LogP contribution in [-0.4, -0.2) is 86.5 Å². The number of nitrogens with zero attached hydrogens (tertiary/aromatic N) is 2. The molecule has 0 spiro atoms. The highest BCUT2D eigenvalue weighted by molar-refractivity contribution is 6.24. The lowest BCUT2D eigenvalue weighted by molar-refractivity contribution is -0.148. The Kier molecular flexibility index (Phi) is 6.79. The average Bonchev–Trinajstić information content (AvgIpc) is 3.38. The zero-order valence-electron chi connectivity index (χ0n) is 23.6. The summed E-state index contributed by atoms with van der Waals surface area (Å²) in [5.74, 6) is -5.94. The number of carbonyl (C=O) groups excluding carboxylic acids is 3. The lowest BCUT2D eigenvalue weighted by atomic mass is 9.58. The normalized spacial score (nSPS) is 28.1. The van der Waals surface area contributed by atoms with Gasteiger partial charge in [-0.05, 0) is 82.0 Å². The highest BCUT2D eigenvalue weighted by atomic mass is 16.3. The zero-order chi connectivity index (χ0) is 30.1. The van der Waals surface area contributed by atoms with E-state index in [-0.39, 0.29) is 29.7 Å². The molecule has 6 N–H and O–H groups in total. The molecule has 0 saturated carbocycles. The Hall–Kier alpha value is -3.93. The van der Waals surface area contributed by atoms with Gasteiger partial charge in [0.1, 0.15) is 28.6 Å². The van der Waals surface area contributed by atoms with Crippen LogP contribution >= 0.6 is 0 Å². The first-order valence-corrected chi connectivity index (χ1v) is 14.3. The first kappa shape index (κ1) is 28.2.